The maximum absolute atomic E-state index is 12.7. The van der Waals surface area contributed by atoms with Gasteiger partial charge in [0.25, 0.3) is 10.2 Å². The number of allylic oxidation sites excluding steroid dienone is 3. The van der Waals surface area contributed by atoms with E-state index in [2.05, 4.69) is 9.68 Å². The molecule has 0 saturated heterocycles. The summed E-state index contributed by atoms with van der Waals surface area (Å²) in [6.45, 7) is 1.86. The first-order valence-electron chi connectivity index (χ1n) is 18.3. The van der Waals surface area contributed by atoms with Crippen LogP contribution < -0.4 is 0 Å². The third-order valence-corrected chi connectivity index (χ3v) is 9.53. The Bertz CT molecular complexity index is 1310. The van der Waals surface area contributed by atoms with Crippen molar-refractivity contribution in [2.75, 3.05) is 19.8 Å². The zero-order valence-electron chi connectivity index (χ0n) is 30.0. The van der Waals surface area contributed by atoms with Crippen molar-refractivity contribution < 1.29 is 49.6 Å². The summed E-state index contributed by atoms with van der Waals surface area (Å²) in [6.07, 6.45) is 11.9. The van der Waals surface area contributed by atoms with E-state index in [0.717, 1.165) is 5.56 Å². The monoisotopic (exact) mass is 733 g/mol. The van der Waals surface area contributed by atoms with Gasteiger partial charge in [-0.05, 0) is 82.1 Å². The first-order valence-corrected chi connectivity index (χ1v) is 18.3. The van der Waals surface area contributed by atoms with E-state index in [1.54, 1.807) is 6.92 Å². The topological polar surface area (TPSA) is 220 Å². The molecule has 0 bridgehead atoms. The molecule has 3 N–H and O–H groups in total. The van der Waals surface area contributed by atoms with Gasteiger partial charge in [-0.25, -0.2) is 0 Å². The summed E-state index contributed by atoms with van der Waals surface area (Å²) in [6, 6.07) is 9.71. The Labute approximate surface area is 304 Å². The fourth-order valence-electron chi connectivity index (χ4n) is 6.71. The highest BCUT2D eigenvalue weighted by atomic mass is 17.0. The minimum absolute atomic E-state index is 0.0273. The lowest BCUT2D eigenvalue weighted by Crippen LogP contribution is -2.36. The number of carboxylic acid groups (broad SMARTS) is 1. The Balaban J connectivity index is 1.95. The normalized spacial score (nSPS) is 19.8. The number of carbonyl (C=O) groups is 3. The minimum atomic E-state index is -0.966. The molecule has 1 aliphatic rings. The molecule has 15 nitrogen and oxygen atoms in total. The number of nitrogens with zero attached hydrogens (tertiary/aromatic N) is 3. The number of aryl methyl sites for hydroxylation is 1. The van der Waals surface area contributed by atoms with Crippen LogP contribution in [0, 0.1) is 43.9 Å². The predicted octanol–water partition coefficient (Wildman–Crippen LogP) is 5.49. The summed E-state index contributed by atoms with van der Waals surface area (Å²) in [7, 11) is 0. The molecule has 0 spiro atoms. The van der Waals surface area contributed by atoms with E-state index in [0.29, 0.717) is 70.6 Å². The van der Waals surface area contributed by atoms with Gasteiger partial charge in [-0.2, -0.15) is 0 Å². The van der Waals surface area contributed by atoms with E-state index in [1.165, 1.54) is 4.90 Å². The van der Waals surface area contributed by atoms with Crippen molar-refractivity contribution in [2.24, 2.45) is 23.7 Å². The van der Waals surface area contributed by atoms with Gasteiger partial charge in [0.1, 0.15) is 0 Å². The molecule has 0 aromatic heterocycles. The number of hydrogen-bond donors (Lipinski definition) is 3. The number of benzene rings is 1. The Hall–Kier alpha value is -4.37. The van der Waals surface area contributed by atoms with Crippen LogP contribution in [0.4, 0.5) is 0 Å². The van der Waals surface area contributed by atoms with Gasteiger partial charge in [0.15, 0.2) is 0 Å². The van der Waals surface area contributed by atoms with Crippen LogP contribution in [-0.4, -0.2) is 80.1 Å². The maximum atomic E-state index is 12.7. The Morgan fingerprint density at radius 2 is 1.52 bits per heavy atom. The molecule has 1 unspecified atom stereocenters. The number of aliphatic hydroxyl groups is 2. The molecule has 2 amide bonds. The second-order valence-electron chi connectivity index (χ2n) is 13.2. The van der Waals surface area contributed by atoms with Gasteiger partial charge in [0, 0.05) is 31.7 Å². The highest BCUT2D eigenvalue weighted by molar-refractivity contribution is 5.95. The van der Waals surface area contributed by atoms with Crippen LogP contribution in [0.15, 0.2) is 54.6 Å². The van der Waals surface area contributed by atoms with E-state index >= 15 is 0 Å². The molecule has 15 heteroatoms. The third-order valence-electron chi connectivity index (χ3n) is 9.53. The van der Waals surface area contributed by atoms with Crippen LogP contribution in [0.5, 0.6) is 0 Å². The molecule has 290 valence electrons. The number of amides is 2. The number of carboxylic acids is 1. The molecule has 1 aromatic carbocycles. The molecule has 0 heterocycles. The number of rotatable bonds is 27. The Morgan fingerprint density at radius 3 is 2.13 bits per heavy atom. The predicted molar refractivity (Wildman–Crippen MR) is 190 cm³/mol. The van der Waals surface area contributed by atoms with Crippen molar-refractivity contribution in [3.63, 3.8) is 0 Å². The van der Waals surface area contributed by atoms with Crippen LogP contribution in [-0.2, 0) is 30.5 Å². The second kappa shape index (κ2) is 24.8. The molecule has 1 saturated carbocycles. The van der Waals surface area contributed by atoms with Gasteiger partial charge in [-0.1, -0.05) is 67.5 Å². The molecule has 1 aromatic rings. The first kappa shape index (κ1) is 43.8. The zero-order chi connectivity index (χ0) is 38.3. The number of aliphatic carboxylic acids is 1. The quantitative estimate of drug-likeness (QED) is 0.0442. The number of hydrogen-bond acceptors (Lipinski definition) is 11. The van der Waals surface area contributed by atoms with Crippen LogP contribution in [0.2, 0.25) is 0 Å². The van der Waals surface area contributed by atoms with Crippen molar-refractivity contribution in [1.82, 2.24) is 4.90 Å². The van der Waals surface area contributed by atoms with Crippen molar-refractivity contribution in [3.8, 4) is 0 Å². The van der Waals surface area contributed by atoms with E-state index in [1.807, 2.05) is 54.6 Å². The lowest BCUT2D eigenvalue weighted by Gasteiger charge is -2.24. The van der Waals surface area contributed by atoms with E-state index in [4.69, 9.17) is 0 Å². The summed E-state index contributed by atoms with van der Waals surface area (Å²) in [5.41, 5.74) is 1.06. The van der Waals surface area contributed by atoms with Crippen LogP contribution in [0.3, 0.4) is 0 Å². The lowest BCUT2D eigenvalue weighted by molar-refractivity contribution is -0.757. The number of imide groups is 1. The fourth-order valence-corrected chi connectivity index (χ4v) is 6.71. The SMILES string of the molecule is CCN(C(=O)CCC/C=C\C[C@@H]1[C@@H](/C=C/[C@H](CCc2ccccc2)C(CCCCO[N+](=O)[O-])C(=O)O)[C@H](O)C[C@@H]1O)C(=O)CCCCCO[N+](=O)[O-]. The summed E-state index contributed by atoms with van der Waals surface area (Å²) in [5, 5.41) is 50.8. The van der Waals surface area contributed by atoms with Gasteiger partial charge in [-0.3, -0.25) is 19.3 Å². The summed E-state index contributed by atoms with van der Waals surface area (Å²) < 4.78 is 0. The zero-order valence-corrected chi connectivity index (χ0v) is 30.0. The van der Waals surface area contributed by atoms with Gasteiger partial charge >= 0.3 is 5.97 Å². The molecule has 6 atom stereocenters. The molecule has 52 heavy (non-hydrogen) atoms. The number of carbonyl (C=O) groups excluding carboxylic acids is 2. The van der Waals surface area contributed by atoms with Crippen LogP contribution >= 0.6 is 0 Å². The summed E-state index contributed by atoms with van der Waals surface area (Å²) in [4.78, 5) is 68.2. The van der Waals surface area contributed by atoms with E-state index in [9.17, 15) is 49.9 Å². The molecule has 0 aliphatic heterocycles. The highest BCUT2D eigenvalue weighted by Crippen LogP contribution is 2.37. The van der Waals surface area contributed by atoms with Gasteiger partial charge in [0.05, 0.1) is 31.3 Å². The minimum Gasteiger partial charge on any atom is -0.481 e. The Kier molecular flexibility index (Phi) is 20.8. The van der Waals surface area contributed by atoms with Gasteiger partial charge in [-0.15, -0.1) is 20.2 Å². The molecular formula is C37H55N3O12. The largest absolute Gasteiger partial charge is 0.481 e. The first-order chi connectivity index (χ1) is 24.9. The fraction of sp³-hybridized carbons (Fsp3) is 0.649. The standard InChI is InChI=1S/C37H55N3O12/c1-2-38(36(44)20-11-6-13-25-51-39(47)48)35(43)19-10-4-3-9-18-31-32(34(42)27-33(31)41)24-23-29(22-21-28-15-7-5-8-16-28)30(37(45)46)17-12-14-26-52-40(49)50/h3,5,7-9,15-16,23-24,29-34,41-42H,2,4,6,10-14,17-22,25-27H2,1H3,(H,45,46)/b9-3-,24-23+/t29-,30?,31+,32+,33-,34+/m0/s1. The smallest absolute Gasteiger partial charge is 0.307 e. The van der Waals surface area contributed by atoms with Crippen molar-refractivity contribution in [1.29, 1.82) is 0 Å². The molecule has 0 radical (unpaired) electrons. The second-order valence-corrected chi connectivity index (χ2v) is 13.2. The Morgan fingerprint density at radius 1 is 0.885 bits per heavy atom. The van der Waals surface area contributed by atoms with E-state index in [-0.39, 0.29) is 62.7 Å². The number of aliphatic hydroxyl groups excluding tert-OH is 2. The highest BCUT2D eigenvalue weighted by Gasteiger charge is 2.39. The molecule has 1 fully saturated rings. The van der Waals surface area contributed by atoms with Crippen molar-refractivity contribution in [3.05, 3.63) is 80.4 Å². The summed E-state index contributed by atoms with van der Waals surface area (Å²) in [5.74, 6) is -3.31. The van der Waals surface area contributed by atoms with Crippen molar-refractivity contribution in [2.45, 2.75) is 109 Å². The summed E-state index contributed by atoms with van der Waals surface area (Å²) >= 11 is 0. The third kappa shape index (κ3) is 16.8. The molecular weight excluding hydrogens is 678 g/mol. The van der Waals surface area contributed by atoms with Gasteiger partial charge < -0.3 is 25.0 Å². The molecule has 2 rings (SSSR count). The lowest BCUT2D eigenvalue weighted by atomic mass is 9.81. The van der Waals surface area contributed by atoms with Crippen LogP contribution in [0.25, 0.3) is 0 Å². The van der Waals surface area contributed by atoms with E-state index < -0.39 is 40.2 Å². The average molecular weight is 734 g/mol. The average Bonchev–Trinajstić information content (AvgIpc) is 3.37. The van der Waals surface area contributed by atoms with Gasteiger partial charge in [0.2, 0.25) is 11.8 Å². The molecule has 1 aliphatic carbocycles. The van der Waals surface area contributed by atoms with Crippen molar-refractivity contribution >= 4 is 17.8 Å². The number of unbranched alkanes of at least 4 members (excludes halogenated alkanes) is 4. The maximum Gasteiger partial charge on any atom is 0.307 e. The van der Waals surface area contributed by atoms with Crippen LogP contribution in [0.1, 0.15) is 96.0 Å².